The van der Waals surface area contributed by atoms with Crippen molar-refractivity contribution in [3.05, 3.63) is 78.4 Å². The maximum absolute atomic E-state index is 12.9. The van der Waals surface area contributed by atoms with E-state index in [4.69, 9.17) is 9.90 Å². The van der Waals surface area contributed by atoms with Crippen LogP contribution >= 0.6 is 0 Å². The third kappa shape index (κ3) is 6.22. The minimum Gasteiger partial charge on any atom is -0.512 e. The molecule has 3 aromatic rings. The predicted molar refractivity (Wildman–Crippen MR) is 95.0 cm³/mol. The number of fused-ring (bicyclic) bond motifs is 1. The van der Waals surface area contributed by atoms with E-state index in [1.54, 1.807) is 12.3 Å². The van der Waals surface area contributed by atoms with Crippen molar-refractivity contribution in [2.45, 2.75) is 13.8 Å². The smallest absolute Gasteiger partial charge is 0.316 e. The fourth-order valence-corrected chi connectivity index (χ4v) is 2.19. The standard InChI is InChI=1S/C15H9FN.C5H8O2.Ir/c16-13-7-5-12(6-8-13)15-14-4-2-1-3-11(14)9-10-17-15;1-4(6)3-5(2)7;/h1-5,7-10H;3,6H,1-2H3;/q-1;;/p+1/b;4-3-;. The zero-order valence-corrected chi connectivity index (χ0v) is 16.2. The zero-order valence-electron chi connectivity index (χ0n) is 13.8. The monoisotopic (exact) mass is 516 g/mol. The molecule has 0 aliphatic carbocycles. The van der Waals surface area contributed by atoms with Crippen LogP contribution < -0.4 is 0 Å². The molecule has 2 aromatic carbocycles. The fraction of sp³-hybridized carbons (Fsp3) is 0.100. The van der Waals surface area contributed by atoms with Crippen LogP contribution in [0.15, 0.2) is 66.6 Å². The van der Waals surface area contributed by atoms with Gasteiger partial charge in [-0.2, -0.15) is 0 Å². The largest absolute Gasteiger partial charge is 0.512 e. The first-order chi connectivity index (χ1) is 11.5. The van der Waals surface area contributed by atoms with Gasteiger partial charge in [-0.15, -0.1) is 29.8 Å². The predicted octanol–water partition coefficient (Wildman–Crippen LogP) is 4.85. The summed E-state index contributed by atoms with van der Waals surface area (Å²) in [4.78, 5) is 12.8. The normalized spacial score (nSPS) is 10.4. The summed E-state index contributed by atoms with van der Waals surface area (Å²) in [6.07, 6.45) is 3.04. The van der Waals surface area contributed by atoms with E-state index in [1.165, 1.54) is 32.1 Å². The minimum absolute atomic E-state index is 0. The first-order valence-electron chi connectivity index (χ1n) is 7.38. The van der Waals surface area contributed by atoms with Crippen molar-refractivity contribution in [2.75, 3.05) is 0 Å². The SMILES string of the molecule is CC(=[OH+])/C=C(/C)O.Fc1c[c-]c(-c2nccc3ccccc23)cc1.[Ir]. The number of rotatable bonds is 2. The summed E-state index contributed by atoms with van der Waals surface area (Å²) in [5, 5.41) is 10.6. The molecule has 0 aliphatic heterocycles. The van der Waals surface area contributed by atoms with Gasteiger partial charge >= 0.3 is 5.78 Å². The topological polar surface area (TPSA) is 54.5 Å². The molecule has 1 aromatic heterocycles. The number of halogens is 1. The van der Waals surface area contributed by atoms with Gasteiger partial charge in [-0.25, -0.2) is 0 Å². The maximum atomic E-state index is 12.9. The van der Waals surface area contributed by atoms with Crippen molar-refractivity contribution < 1.29 is 34.4 Å². The molecule has 3 nitrogen and oxygen atoms in total. The van der Waals surface area contributed by atoms with Crippen molar-refractivity contribution in [3.63, 3.8) is 0 Å². The van der Waals surface area contributed by atoms with Gasteiger partial charge in [0.2, 0.25) is 0 Å². The Morgan fingerprint density at radius 2 is 1.88 bits per heavy atom. The summed E-state index contributed by atoms with van der Waals surface area (Å²) in [6, 6.07) is 17.3. The van der Waals surface area contributed by atoms with Crippen LogP contribution in [0.3, 0.4) is 0 Å². The third-order valence-corrected chi connectivity index (χ3v) is 3.12. The second kappa shape index (κ2) is 9.82. The Bertz CT molecular complexity index is 867. The number of ketones is 1. The van der Waals surface area contributed by atoms with E-state index in [-0.39, 0.29) is 37.5 Å². The van der Waals surface area contributed by atoms with E-state index in [0.717, 1.165) is 22.0 Å². The molecule has 0 fully saturated rings. The first kappa shape index (κ1) is 20.7. The van der Waals surface area contributed by atoms with Crippen molar-refractivity contribution in [3.8, 4) is 11.3 Å². The number of aliphatic hydroxyl groups is 1. The van der Waals surface area contributed by atoms with Gasteiger partial charge in [0.05, 0.1) is 18.8 Å². The Labute approximate surface area is 159 Å². The Morgan fingerprint density at radius 1 is 1.16 bits per heavy atom. The second-order valence-corrected chi connectivity index (χ2v) is 5.23. The second-order valence-electron chi connectivity index (χ2n) is 5.23. The molecular weight excluding hydrogens is 497 g/mol. The van der Waals surface area contributed by atoms with Gasteiger partial charge in [-0.05, 0) is 29.5 Å². The summed E-state index contributed by atoms with van der Waals surface area (Å²) in [7, 11) is 0. The van der Waals surface area contributed by atoms with Crippen LogP contribution in [0.5, 0.6) is 0 Å². The number of pyridine rings is 1. The molecule has 0 aliphatic rings. The third-order valence-electron chi connectivity index (χ3n) is 3.12. The quantitative estimate of drug-likeness (QED) is 0.230. The summed E-state index contributed by atoms with van der Waals surface area (Å²) in [5.41, 5.74) is 1.64. The molecule has 0 saturated carbocycles. The summed E-state index contributed by atoms with van der Waals surface area (Å²) < 4.78 is 12.9. The molecule has 0 unspecified atom stereocenters. The number of carbonyl (C=O) groups excluding carboxylic acids is 1. The number of nitrogens with zero attached hydrogens (tertiary/aromatic N) is 1. The molecule has 0 saturated heterocycles. The molecule has 5 heteroatoms. The van der Waals surface area contributed by atoms with Crippen molar-refractivity contribution >= 4 is 16.6 Å². The van der Waals surface area contributed by atoms with Gasteiger partial charge in [-0.3, -0.25) is 9.18 Å². The van der Waals surface area contributed by atoms with E-state index < -0.39 is 0 Å². The van der Waals surface area contributed by atoms with Gasteiger partial charge in [0.25, 0.3) is 0 Å². The fourth-order valence-electron chi connectivity index (χ4n) is 2.19. The Balaban J connectivity index is 0.000000339. The average Bonchev–Trinajstić information content (AvgIpc) is 2.54. The van der Waals surface area contributed by atoms with Crippen LogP contribution in [0.25, 0.3) is 22.0 Å². The van der Waals surface area contributed by atoms with E-state index in [9.17, 15) is 4.39 Å². The number of benzene rings is 2. The number of aliphatic hydroxyl groups excluding tert-OH is 1. The molecule has 0 bridgehead atoms. The van der Waals surface area contributed by atoms with Crippen LogP contribution in [-0.2, 0) is 20.1 Å². The Kier molecular flexibility index (Phi) is 8.12. The first-order valence-corrected chi connectivity index (χ1v) is 7.38. The van der Waals surface area contributed by atoms with E-state index in [2.05, 4.69) is 11.1 Å². The van der Waals surface area contributed by atoms with Gasteiger partial charge in [0, 0.05) is 32.1 Å². The molecular formula is C20H18FIrNO2. The van der Waals surface area contributed by atoms with E-state index in [1.807, 2.05) is 30.3 Å². The van der Waals surface area contributed by atoms with Crippen molar-refractivity contribution in [2.24, 2.45) is 0 Å². The van der Waals surface area contributed by atoms with Crippen LogP contribution in [0, 0.1) is 11.9 Å². The van der Waals surface area contributed by atoms with Crippen LogP contribution in [0.2, 0.25) is 0 Å². The van der Waals surface area contributed by atoms with E-state index >= 15 is 0 Å². The molecule has 2 N–H and O–H groups in total. The molecule has 3 rings (SSSR count). The van der Waals surface area contributed by atoms with Gasteiger partial charge in [-0.1, -0.05) is 24.3 Å². The number of hydrogen-bond acceptors (Lipinski definition) is 2. The molecule has 0 spiro atoms. The number of aromatic nitrogens is 1. The molecule has 131 valence electrons. The Hall–Kier alpha value is -2.36. The van der Waals surface area contributed by atoms with Gasteiger partial charge in [0.1, 0.15) is 0 Å². The van der Waals surface area contributed by atoms with E-state index in [0.29, 0.717) is 0 Å². The number of hydrogen-bond donors (Lipinski definition) is 1. The minimum atomic E-state index is -0.283. The van der Waals surface area contributed by atoms with Crippen molar-refractivity contribution in [1.29, 1.82) is 0 Å². The van der Waals surface area contributed by atoms with Crippen LogP contribution in [-0.4, -0.2) is 20.7 Å². The summed E-state index contributed by atoms with van der Waals surface area (Å²) >= 11 is 0. The average molecular weight is 516 g/mol. The Morgan fingerprint density at radius 3 is 2.44 bits per heavy atom. The summed E-state index contributed by atoms with van der Waals surface area (Å²) in [5.74, 6) is -0.0333. The zero-order chi connectivity index (χ0) is 17.5. The molecule has 1 heterocycles. The molecule has 0 atom stereocenters. The summed E-state index contributed by atoms with van der Waals surface area (Å²) in [6.45, 7) is 3.00. The molecule has 0 amide bonds. The number of allylic oxidation sites excluding steroid dienone is 2. The van der Waals surface area contributed by atoms with Gasteiger partial charge in [0.15, 0.2) is 0 Å². The molecule has 1 radical (unpaired) electrons. The van der Waals surface area contributed by atoms with Crippen LogP contribution in [0.4, 0.5) is 4.39 Å². The van der Waals surface area contributed by atoms with Crippen molar-refractivity contribution in [1.82, 2.24) is 4.98 Å². The molecule has 25 heavy (non-hydrogen) atoms. The van der Waals surface area contributed by atoms with Crippen LogP contribution in [0.1, 0.15) is 13.8 Å². The maximum Gasteiger partial charge on any atom is 0.316 e. The van der Waals surface area contributed by atoms with Gasteiger partial charge < -0.3 is 10.1 Å².